The molecule has 1 aromatic carbocycles. The molecule has 5 nitrogen and oxygen atoms in total. The Morgan fingerprint density at radius 2 is 2.00 bits per heavy atom. The molecule has 0 aliphatic carbocycles. The summed E-state index contributed by atoms with van der Waals surface area (Å²) in [6.45, 7) is 3.39. The predicted octanol–water partition coefficient (Wildman–Crippen LogP) is 1.25. The summed E-state index contributed by atoms with van der Waals surface area (Å²) in [5, 5.41) is 18.2. The van der Waals surface area contributed by atoms with Crippen LogP contribution in [0.4, 0.5) is 0 Å². The number of carboxylic acids is 1. The van der Waals surface area contributed by atoms with Gasteiger partial charge in [0, 0.05) is 12.1 Å². The first-order chi connectivity index (χ1) is 7.95. The molecule has 92 valence electrons. The van der Waals surface area contributed by atoms with Crippen LogP contribution >= 0.6 is 0 Å². The lowest BCUT2D eigenvalue weighted by molar-refractivity contribution is -0.137. The number of aromatic hydroxyl groups is 1. The zero-order valence-electron chi connectivity index (χ0n) is 9.80. The van der Waals surface area contributed by atoms with Gasteiger partial charge in [0.05, 0.1) is 0 Å². The average molecular weight is 237 g/mol. The Labute approximate surface area is 99.3 Å². The van der Waals surface area contributed by atoms with Gasteiger partial charge in [0.25, 0.3) is 5.91 Å². The third-order valence-electron chi connectivity index (χ3n) is 2.45. The van der Waals surface area contributed by atoms with Crippen LogP contribution < -0.4 is 0 Å². The molecule has 0 radical (unpaired) electrons. The first-order valence-corrected chi connectivity index (χ1v) is 5.26. The Balaban J connectivity index is 2.93. The van der Waals surface area contributed by atoms with Crippen LogP contribution in [0.3, 0.4) is 0 Å². The molecule has 0 aliphatic rings. The molecule has 0 saturated carbocycles. The van der Waals surface area contributed by atoms with Gasteiger partial charge in [-0.25, -0.2) is 0 Å². The van der Waals surface area contributed by atoms with Crippen molar-refractivity contribution in [1.82, 2.24) is 4.90 Å². The van der Waals surface area contributed by atoms with E-state index < -0.39 is 11.9 Å². The quantitative estimate of drug-likeness (QED) is 0.826. The van der Waals surface area contributed by atoms with Crippen LogP contribution in [-0.4, -0.2) is 40.1 Å². The number of carboxylic acid groups (broad SMARTS) is 1. The van der Waals surface area contributed by atoms with Crippen molar-refractivity contribution in [3.63, 3.8) is 0 Å². The minimum atomic E-state index is -1.06. The van der Waals surface area contributed by atoms with E-state index in [1.165, 1.54) is 11.0 Å². The summed E-state index contributed by atoms with van der Waals surface area (Å²) in [6, 6.07) is 4.54. The lowest BCUT2D eigenvalue weighted by Crippen LogP contribution is -2.35. The van der Waals surface area contributed by atoms with Gasteiger partial charge in [0.15, 0.2) is 0 Å². The van der Waals surface area contributed by atoms with Crippen molar-refractivity contribution in [2.24, 2.45) is 0 Å². The van der Waals surface area contributed by atoms with Crippen LogP contribution in [0.15, 0.2) is 18.2 Å². The summed E-state index contributed by atoms with van der Waals surface area (Å²) in [5.41, 5.74) is 0.957. The minimum Gasteiger partial charge on any atom is -0.508 e. The maximum Gasteiger partial charge on any atom is 0.323 e. The number of aliphatic carboxylic acids is 1. The molecule has 0 saturated heterocycles. The molecule has 0 fully saturated rings. The van der Waals surface area contributed by atoms with Gasteiger partial charge < -0.3 is 15.1 Å². The fraction of sp³-hybridized carbons (Fsp3) is 0.333. The van der Waals surface area contributed by atoms with Gasteiger partial charge in [0.1, 0.15) is 12.3 Å². The van der Waals surface area contributed by atoms with Crippen molar-refractivity contribution in [2.75, 3.05) is 13.1 Å². The van der Waals surface area contributed by atoms with Crippen LogP contribution in [0.1, 0.15) is 22.8 Å². The SMILES string of the molecule is CCN(CC(=O)O)C(=O)c1ccc(C)c(O)c1. The number of phenolic OH excluding ortho intramolecular Hbond substituents is 1. The van der Waals surface area contributed by atoms with Gasteiger partial charge in [-0.2, -0.15) is 0 Å². The molecule has 1 aromatic rings. The Morgan fingerprint density at radius 3 is 2.47 bits per heavy atom. The molecule has 0 heterocycles. The molecule has 1 rings (SSSR count). The van der Waals surface area contributed by atoms with Crippen LogP contribution in [0.25, 0.3) is 0 Å². The second kappa shape index (κ2) is 5.34. The largest absolute Gasteiger partial charge is 0.508 e. The number of rotatable bonds is 4. The van der Waals surface area contributed by atoms with E-state index in [0.717, 1.165) is 0 Å². The third-order valence-corrected chi connectivity index (χ3v) is 2.45. The number of benzene rings is 1. The van der Waals surface area contributed by atoms with Gasteiger partial charge in [-0.15, -0.1) is 0 Å². The number of phenols is 1. The number of hydrogen-bond acceptors (Lipinski definition) is 3. The van der Waals surface area contributed by atoms with E-state index in [4.69, 9.17) is 5.11 Å². The molecule has 0 aliphatic heterocycles. The zero-order valence-corrected chi connectivity index (χ0v) is 9.80. The number of amides is 1. The summed E-state index contributed by atoms with van der Waals surface area (Å²) in [4.78, 5) is 23.7. The maximum absolute atomic E-state index is 11.9. The molecule has 17 heavy (non-hydrogen) atoms. The number of nitrogens with zero attached hydrogens (tertiary/aromatic N) is 1. The molecule has 0 aromatic heterocycles. The van der Waals surface area contributed by atoms with E-state index in [9.17, 15) is 14.7 Å². The summed E-state index contributed by atoms with van der Waals surface area (Å²) < 4.78 is 0. The van der Waals surface area contributed by atoms with Gasteiger partial charge in [0.2, 0.25) is 0 Å². The highest BCUT2D eigenvalue weighted by molar-refractivity contribution is 5.96. The summed E-state index contributed by atoms with van der Waals surface area (Å²) >= 11 is 0. The Hall–Kier alpha value is -2.04. The molecule has 5 heteroatoms. The number of carbonyl (C=O) groups is 2. The highest BCUT2D eigenvalue weighted by Crippen LogP contribution is 2.18. The van der Waals surface area contributed by atoms with Gasteiger partial charge >= 0.3 is 5.97 Å². The van der Waals surface area contributed by atoms with Crippen molar-refractivity contribution in [2.45, 2.75) is 13.8 Å². The molecule has 0 spiro atoms. The first kappa shape index (κ1) is 13.0. The lowest BCUT2D eigenvalue weighted by atomic mass is 10.1. The van der Waals surface area contributed by atoms with E-state index in [1.54, 1.807) is 26.0 Å². The molecule has 0 bridgehead atoms. The Bertz CT molecular complexity index is 442. The molecule has 2 N–H and O–H groups in total. The third kappa shape index (κ3) is 3.21. The van der Waals surface area contributed by atoms with Crippen LogP contribution in [0.2, 0.25) is 0 Å². The minimum absolute atomic E-state index is 0.0298. The fourth-order valence-electron chi connectivity index (χ4n) is 1.42. The highest BCUT2D eigenvalue weighted by Gasteiger charge is 2.17. The zero-order chi connectivity index (χ0) is 13.0. The Morgan fingerprint density at radius 1 is 1.35 bits per heavy atom. The molecule has 0 unspecified atom stereocenters. The van der Waals surface area contributed by atoms with Gasteiger partial charge in [-0.05, 0) is 31.5 Å². The van der Waals surface area contributed by atoms with Crippen LogP contribution in [0.5, 0.6) is 5.75 Å². The van der Waals surface area contributed by atoms with Crippen molar-refractivity contribution < 1.29 is 19.8 Å². The number of aryl methyl sites for hydroxylation is 1. The topological polar surface area (TPSA) is 77.8 Å². The standard InChI is InChI=1S/C12H15NO4/c1-3-13(7-11(15)16)12(17)9-5-4-8(2)10(14)6-9/h4-6,14H,3,7H2,1-2H3,(H,15,16). The highest BCUT2D eigenvalue weighted by atomic mass is 16.4. The van der Waals surface area contributed by atoms with Crippen LogP contribution in [0, 0.1) is 6.92 Å². The second-order valence-corrected chi connectivity index (χ2v) is 3.71. The monoisotopic (exact) mass is 237 g/mol. The summed E-state index contributed by atoms with van der Waals surface area (Å²) in [7, 11) is 0. The summed E-state index contributed by atoms with van der Waals surface area (Å²) in [5.74, 6) is -1.43. The van der Waals surface area contributed by atoms with E-state index in [2.05, 4.69) is 0 Å². The van der Waals surface area contributed by atoms with E-state index in [0.29, 0.717) is 12.1 Å². The van der Waals surface area contributed by atoms with E-state index in [-0.39, 0.29) is 17.9 Å². The second-order valence-electron chi connectivity index (χ2n) is 3.71. The summed E-state index contributed by atoms with van der Waals surface area (Å²) in [6.07, 6.45) is 0. The van der Waals surface area contributed by atoms with Crippen molar-refractivity contribution >= 4 is 11.9 Å². The lowest BCUT2D eigenvalue weighted by Gasteiger charge is -2.18. The van der Waals surface area contributed by atoms with Crippen molar-refractivity contribution in [3.05, 3.63) is 29.3 Å². The van der Waals surface area contributed by atoms with Crippen LogP contribution in [-0.2, 0) is 4.79 Å². The van der Waals surface area contributed by atoms with E-state index in [1.807, 2.05) is 0 Å². The number of carbonyl (C=O) groups excluding carboxylic acids is 1. The van der Waals surface area contributed by atoms with Crippen molar-refractivity contribution in [3.8, 4) is 5.75 Å². The predicted molar refractivity (Wildman–Crippen MR) is 62.1 cm³/mol. The normalized spacial score (nSPS) is 10.0. The maximum atomic E-state index is 11.9. The van der Waals surface area contributed by atoms with Gasteiger partial charge in [-0.1, -0.05) is 6.07 Å². The first-order valence-electron chi connectivity index (χ1n) is 5.26. The molecular formula is C12H15NO4. The Kier molecular flexibility index (Phi) is 4.09. The fourth-order valence-corrected chi connectivity index (χ4v) is 1.42. The van der Waals surface area contributed by atoms with Gasteiger partial charge in [-0.3, -0.25) is 9.59 Å². The molecular weight excluding hydrogens is 222 g/mol. The number of hydrogen-bond donors (Lipinski definition) is 2. The smallest absolute Gasteiger partial charge is 0.323 e. The van der Waals surface area contributed by atoms with E-state index >= 15 is 0 Å². The molecule has 1 amide bonds. The number of likely N-dealkylation sites (N-methyl/N-ethyl adjacent to an activating group) is 1. The molecule has 0 atom stereocenters. The van der Waals surface area contributed by atoms with Crippen molar-refractivity contribution in [1.29, 1.82) is 0 Å². The average Bonchev–Trinajstić information content (AvgIpc) is 2.28.